The first-order chi connectivity index (χ1) is 8.04. The van der Waals surface area contributed by atoms with E-state index >= 15 is 0 Å². The highest BCUT2D eigenvalue weighted by Gasteiger charge is 2.08. The van der Waals surface area contributed by atoms with Crippen molar-refractivity contribution in [2.24, 2.45) is 5.92 Å². The maximum Gasteiger partial charge on any atom is 0.251 e. The van der Waals surface area contributed by atoms with Gasteiger partial charge in [-0.3, -0.25) is 4.79 Å². The Labute approximate surface area is 107 Å². The molecule has 3 nitrogen and oxygen atoms in total. The van der Waals surface area contributed by atoms with Gasteiger partial charge < -0.3 is 11.1 Å². The van der Waals surface area contributed by atoms with Crippen LogP contribution in [0, 0.1) is 12.8 Å². The molecule has 0 aliphatic heterocycles. The van der Waals surface area contributed by atoms with E-state index in [1.54, 1.807) is 23.9 Å². The van der Waals surface area contributed by atoms with Gasteiger partial charge in [0.1, 0.15) is 0 Å². The zero-order valence-electron chi connectivity index (χ0n) is 10.6. The van der Waals surface area contributed by atoms with Crippen LogP contribution in [0.1, 0.15) is 22.8 Å². The number of carbonyl (C=O) groups is 1. The summed E-state index contributed by atoms with van der Waals surface area (Å²) in [7, 11) is 0. The van der Waals surface area contributed by atoms with Crippen LogP contribution in [-0.4, -0.2) is 24.5 Å². The van der Waals surface area contributed by atoms with Crippen molar-refractivity contribution in [2.45, 2.75) is 13.8 Å². The van der Waals surface area contributed by atoms with Crippen molar-refractivity contribution in [2.75, 3.05) is 24.3 Å². The van der Waals surface area contributed by atoms with Crippen LogP contribution in [-0.2, 0) is 0 Å². The zero-order chi connectivity index (χ0) is 12.8. The lowest BCUT2D eigenvalue weighted by Gasteiger charge is -2.11. The van der Waals surface area contributed by atoms with Crippen molar-refractivity contribution >= 4 is 23.4 Å². The minimum atomic E-state index is -0.0512. The standard InChI is InChI=1S/C13H20N2OS/c1-9(8-17-3)7-15-13(16)11-5-4-10(2)12(14)6-11/h4-6,9H,7-8,14H2,1-3H3,(H,15,16). The monoisotopic (exact) mass is 252 g/mol. The van der Waals surface area contributed by atoms with Crippen molar-refractivity contribution in [3.05, 3.63) is 29.3 Å². The smallest absolute Gasteiger partial charge is 0.251 e. The molecule has 17 heavy (non-hydrogen) atoms. The highest BCUT2D eigenvalue weighted by atomic mass is 32.2. The van der Waals surface area contributed by atoms with Crippen molar-refractivity contribution in [1.82, 2.24) is 5.32 Å². The summed E-state index contributed by atoms with van der Waals surface area (Å²) in [5, 5.41) is 2.92. The molecule has 0 heterocycles. The van der Waals surface area contributed by atoms with Gasteiger partial charge in [0.25, 0.3) is 5.91 Å². The SMILES string of the molecule is CSCC(C)CNC(=O)c1ccc(C)c(N)c1. The lowest BCUT2D eigenvalue weighted by atomic mass is 10.1. The molecule has 1 atom stereocenters. The first-order valence-electron chi connectivity index (χ1n) is 5.68. The molecule has 0 saturated heterocycles. The third-order valence-corrected chi connectivity index (χ3v) is 3.51. The van der Waals surface area contributed by atoms with Crippen LogP contribution >= 0.6 is 11.8 Å². The molecular weight excluding hydrogens is 232 g/mol. The molecule has 1 amide bonds. The molecule has 0 aliphatic rings. The van der Waals surface area contributed by atoms with Gasteiger partial charge in [-0.2, -0.15) is 11.8 Å². The van der Waals surface area contributed by atoms with E-state index in [1.807, 2.05) is 13.0 Å². The minimum absolute atomic E-state index is 0.0512. The number of nitrogen functional groups attached to an aromatic ring is 1. The molecule has 3 N–H and O–H groups in total. The van der Waals surface area contributed by atoms with Crippen LogP contribution in [0.25, 0.3) is 0 Å². The average Bonchev–Trinajstić information content (AvgIpc) is 2.30. The average molecular weight is 252 g/mol. The largest absolute Gasteiger partial charge is 0.398 e. The van der Waals surface area contributed by atoms with E-state index in [1.165, 1.54) is 0 Å². The first-order valence-corrected chi connectivity index (χ1v) is 7.07. The highest BCUT2D eigenvalue weighted by molar-refractivity contribution is 7.98. The third-order valence-electron chi connectivity index (χ3n) is 2.60. The molecule has 0 bridgehead atoms. The van der Waals surface area contributed by atoms with Gasteiger partial charge in [-0.15, -0.1) is 0 Å². The summed E-state index contributed by atoms with van der Waals surface area (Å²) >= 11 is 1.79. The Morgan fingerprint density at radius 2 is 2.24 bits per heavy atom. The molecule has 0 saturated carbocycles. The molecule has 0 spiro atoms. The van der Waals surface area contributed by atoms with E-state index in [0.29, 0.717) is 23.7 Å². The summed E-state index contributed by atoms with van der Waals surface area (Å²) in [5.74, 6) is 1.48. The van der Waals surface area contributed by atoms with Gasteiger partial charge >= 0.3 is 0 Å². The van der Waals surface area contributed by atoms with E-state index in [9.17, 15) is 4.79 Å². The van der Waals surface area contributed by atoms with Crippen LogP contribution in [0.4, 0.5) is 5.69 Å². The Kier molecular flexibility index (Phi) is 5.35. The summed E-state index contributed by atoms with van der Waals surface area (Å²) in [4.78, 5) is 11.8. The second-order valence-electron chi connectivity index (χ2n) is 4.34. The van der Waals surface area contributed by atoms with Gasteiger partial charge in [0.05, 0.1) is 0 Å². The maximum atomic E-state index is 11.8. The highest BCUT2D eigenvalue weighted by Crippen LogP contribution is 2.13. The number of benzene rings is 1. The number of nitrogens with two attached hydrogens (primary N) is 1. The van der Waals surface area contributed by atoms with Crippen LogP contribution in [0.15, 0.2) is 18.2 Å². The number of hydrogen-bond acceptors (Lipinski definition) is 3. The molecule has 94 valence electrons. The van der Waals surface area contributed by atoms with Crippen molar-refractivity contribution in [1.29, 1.82) is 0 Å². The topological polar surface area (TPSA) is 55.1 Å². The molecule has 1 aromatic rings. The second kappa shape index (κ2) is 6.55. The first kappa shape index (κ1) is 13.9. The molecule has 1 rings (SSSR count). The van der Waals surface area contributed by atoms with Gasteiger partial charge in [-0.25, -0.2) is 0 Å². The lowest BCUT2D eigenvalue weighted by Crippen LogP contribution is -2.29. The number of thioether (sulfide) groups is 1. The minimum Gasteiger partial charge on any atom is -0.398 e. The predicted octanol–water partition coefficient (Wildman–Crippen LogP) is 2.31. The van der Waals surface area contributed by atoms with E-state index < -0.39 is 0 Å². The molecule has 0 aromatic heterocycles. The fourth-order valence-corrected chi connectivity index (χ4v) is 2.18. The Hall–Kier alpha value is -1.16. The molecule has 0 radical (unpaired) electrons. The lowest BCUT2D eigenvalue weighted by molar-refractivity contribution is 0.0949. The quantitative estimate of drug-likeness (QED) is 0.791. The molecule has 0 fully saturated rings. The number of rotatable bonds is 5. The van der Waals surface area contributed by atoms with Gasteiger partial charge in [-0.05, 0) is 42.5 Å². The molecule has 0 aliphatic carbocycles. The van der Waals surface area contributed by atoms with E-state index in [-0.39, 0.29) is 5.91 Å². The van der Waals surface area contributed by atoms with E-state index in [4.69, 9.17) is 5.73 Å². The van der Waals surface area contributed by atoms with Crippen LogP contribution < -0.4 is 11.1 Å². The predicted molar refractivity (Wildman–Crippen MR) is 75.5 cm³/mol. The number of hydrogen-bond donors (Lipinski definition) is 2. The van der Waals surface area contributed by atoms with Gasteiger partial charge in [0, 0.05) is 17.8 Å². The summed E-state index contributed by atoms with van der Waals surface area (Å²) in [6, 6.07) is 5.40. The number of carbonyl (C=O) groups excluding carboxylic acids is 1. The summed E-state index contributed by atoms with van der Waals surface area (Å²) in [6.07, 6.45) is 2.07. The van der Waals surface area contributed by atoms with Gasteiger partial charge in [-0.1, -0.05) is 13.0 Å². The fourth-order valence-electron chi connectivity index (χ4n) is 1.49. The Balaban J connectivity index is 2.55. The Morgan fingerprint density at radius 1 is 1.53 bits per heavy atom. The van der Waals surface area contributed by atoms with Crippen molar-refractivity contribution in [3.8, 4) is 0 Å². The number of amides is 1. The molecule has 1 aromatic carbocycles. The summed E-state index contributed by atoms with van der Waals surface area (Å²) in [6.45, 7) is 4.76. The number of aryl methyl sites for hydroxylation is 1. The third kappa shape index (κ3) is 4.30. The maximum absolute atomic E-state index is 11.8. The number of nitrogens with one attached hydrogen (secondary N) is 1. The summed E-state index contributed by atoms with van der Waals surface area (Å²) < 4.78 is 0. The zero-order valence-corrected chi connectivity index (χ0v) is 11.4. The normalized spacial score (nSPS) is 12.2. The summed E-state index contributed by atoms with van der Waals surface area (Å²) in [5.41, 5.74) is 8.07. The van der Waals surface area contributed by atoms with E-state index in [0.717, 1.165) is 11.3 Å². The fraction of sp³-hybridized carbons (Fsp3) is 0.462. The van der Waals surface area contributed by atoms with E-state index in [2.05, 4.69) is 18.5 Å². The Bertz CT molecular complexity index is 393. The molecule has 1 unspecified atom stereocenters. The Morgan fingerprint density at radius 3 is 2.82 bits per heavy atom. The second-order valence-corrected chi connectivity index (χ2v) is 5.25. The van der Waals surface area contributed by atoms with Crippen LogP contribution in [0.3, 0.4) is 0 Å². The van der Waals surface area contributed by atoms with Gasteiger partial charge in [0.2, 0.25) is 0 Å². The molecular formula is C13H20N2OS. The molecule has 4 heteroatoms. The van der Waals surface area contributed by atoms with Crippen molar-refractivity contribution in [3.63, 3.8) is 0 Å². The van der Waals surface area contributed by atoms with Crippen molar-refractivity contribution < 1.29 is 4.79 Å². The van der Waals surface area contributed by atoms with Crippen LogP contribution in [0.2, 0.25) is 0 Å². The number of anilines is 1. The van der Waals surface area contributed by atoms with Crippen LogP contribution in [0.5, 0.6) is 0 Å². The van der Waals surface area contributed by atoms with Gasteiger partial charge in [0.15, 0.2) is 0 Å².